The van der Waals surface area contributed by atoms with E-state index in [1.807, 2.05) is 0 Å². The standard InChI is InChI=1S/C10H5F3N/c11-10(12,13)8-4-3-7-2-1-5-14-9(7)6-8/h1-4,6H. The summed E-state index contributed by atoms with van der Waals surface area (Å²) in [6, 6.07) is 6.70. The zero-order valence-corrected chi connectivity index (χ0v) is 6.97. The average Bonchev–Trinajstić information content (AvgIpc) is 2.16. The summed E-state index contributed by atoms with van der Waals surface area (Å²) in [6.07, 6.45) is -1.82. The fraction of sp³-hybridized carbons (Fsp3) is 0.100. The summed E-state index contributed by atoms with van der Waals surface area (Å²) in [5.74, 6) is 0. The highest BCUT2D eigenvalue weighted by Crippen LogP contribution is 2.30. The molecule has 0 aliphatic heterocycles. The number of pyridine rings is 1. The van der Waals surface area contributed by atoms with Gasteiger partial charge in [-0.05, 0) is 18.2 Å². The Hall–Kier alpha value is -1.58. The van der Waals surface area contributed by atoms with Gasteiger partial charge in [0.1, 0.15) is 0 Å². The quantitative estimate of drug-likeness (QED) is 0.631. The van der Waals surface area contributed by atoms with Crippen LogP contribution in [-0.4, -0.2) is 4.98 Å². The van der Waals surface area contributed by atoms with Gasteiger partial charge in [0.05, 0.1) is 17.3 Å². The van der Waals surface area contributed by atoms with Crippen molar-refractivity contribution < 1.29 is 13.2 Å². The van der Waals surface area contributed by atoms with Crippen molar-refractivity contribution >= 4 is 10.9 Å². The number of benzene rings is 1. The molecule has 0 aliphatic rings. The molecule has 71 valence electrons. The summed E-state index contributed by atoms with van der Waals surface area (Å²) in [5.41, 5.74) is -0.376. The van der Waals surface area contributed by atoms with Gasteiger partial charge in [-0.2, -0.15) is 13.2 Å². The summed E-state index contributed by atoms with van der Waals surface area (Å²) < 4.78 is 36.8. The van der Waals surface area contributed by atoms with Crippen molar-refractivity contribution in [2.24, 2.45) is 0 Å². The maximum atomic E-state index is 12.3. The van der Waals surface area contributed by atoms with E-state index >= 15 is 0 Å². The molecule has 1 aromatic carbocycles. The predicted molar refractivity (Wildman–Crippen MR) is 45.6 cm³/mol. The number of rotatable bonds is 0. The van der Waals surface area contributed by atoms with E-state index in [4.69, 9.17) is 0 Å². The Balaban J connectivity index is 2.63. The molecule has 2 rings (SSSR count). The van der Waals surface area contributed by atoms with Crippen LogP contribution >= 0.6 is 0 Å². The maximum absolute atomic E-state index is 12.3. The zero-order valence-electron chi connectivity index (χ0n) is 6.97. The Kier molecular flexibility index (Phi) is 1.91. The third kappa shape index (κ3) is 1.55. The molecular formula is C10H5F3N. The minimum Gasteiger partial charge on any atom is -0.246 e. The molecule has 0 unspecified atom stereocenters. The minimum absolute atomic E-state index is 0.308. The van der Waals surface area contributed by atoms with Crippen LogP contribution in [0.4, 0.5) is 13.2 Å². The lowest BCUT2D eigenvalue weighted by Gasteiger charge is -2.06. The van der Waals surface area contributed by atoms with Gasteiger partial charge in [0.25, 0.3) is 0 Å². The van der Waals surface area contributed by atoms with Crippen LogP contribution in [0.3, 0.4) is 0 Å². The van der Waals surface area contributed by atoms with Gasteiger partial charge in [-0.15, -0.1) is 0 Å². The number of fused-ring (bicyclic) bond motifs is 1. The van der Waals surface area contributed by atoms with Crippen LogP contribution in [0.1, 0.15) is 5.56 Å². The number of hydrogen-bond acceptors (Lipinski definition) is 1. The van der Waals surface area contributed by atoms with Crippen molar-refractivity contribution in [1.29, 1.82) is 0 Å². The second-order valence-electron chi connectivity index (χ2n) is 2.85. The molecule has 0 bridgehead atoms. The zero-order chi connectivity index (χ0) is 10.2. The number of aromatic nitrogens is 1. The van der Waals surface area contributed by atoms with Crippen LogP contribution in [0.5, 0.6) is 0 Å². The van der Waals surface area contributed by atoms with Crippen molar-refractivity contribution in [1.82, 2.24) is 4.98 Å². The van der Waals surface area contributed by atoms with E-state index in [1.165, 1.54) is 6.07 Å². The lowest BCUT2D eigenvalue weighted by molar-refractivity contribution is -0.137. The van der Waals surface area contributed by atoms with Gasteiger partial charge in [0.2, 0.25) is 0 Å². The van der Waals surface area contributed by atoms with Gasteiger partial charge in [-0.1, -0.05) is 12.1 Å². The van der Waals surface area contributed by atoms with Crippen molar-refractivity contribution in [3.8, 4) is 0 Å². The van der Waals surface area contributed by atoms with Gasteiger partial charge in [0, 0.05) is 5.39 Å². The van der Waals surface area contributed by atoms with Crippen LogP contribution in [0.15, 0.2) is 30.3 Å². The molecule has 0 aliphatic carbocycles. The Morgan fingerprint density at radius 2 is 1.93 bits per heavy atom. The molecule has 1 aromatic heterocycles. The predicted octanol–water partition coefficient (Wildman–Crippen LogP) is 3.05. The molecule has 0 spiro atoms. The molecule has 1 nitrogen and oxygen atoms in total. The van der Waals surface area contributed by atoms with E-state index in [9.17, 15) is 13.2 Å². The van der Waals surface area contributed by atoms with Crippen molar-refractivity contribution in [3.63, 3.8) is 0 Å². The van der Waals surface area contributed by atoms with Crippen molar-refractivity contribution in [2.45, 2.75) is 6.18 Å². The first-order chi connectivity index (χ1) is 6.57. The molecule has 0 fully saturated rings. The van der Waals surface area contributed by atoms with E-state index in [0.29, 0.717) is 10.9 Å². The minimum atomic E-state index is -4.31. The summed E-state index contributed by atoms with van der Waals surface area (Å²) in [7, 11) is 0. The van der Waals surface area contributed by atoms with Gasteiger partial charge >= 0.3 is 6.18 Å². The molecule has 1 heterocycles. The van der Waals surface area contributed by atoms with Crippen molar-refractivity contribution in [2.75, 3.05) is 0 Å². The molecule has 1 radical (unpaired) electrons. The Bertz CT molecular complexity index is 462. The largest absolute Gasteiger partial charge is 0.416 e. The molecule has 2 aromatic rings. The average molecular weight is 196 g/mol. The summed E-state index contributed by atoms with van der Waals surface area (Å²) in [5, 5.41) is 0.678. The van der Waals surface area contributed by atoms with Gasteiger partial charge < -0.3 is 0 Å². The lowest BCUT2D eigenvalue weighted by Crippen LogP contribution is -2.04. The van der Waals surface area contributed by atoms with E-state index in [0.717, 1.165) is 12.1 Å². The van der Waals surface area contributed by atoms with E-state index < -0.39 is 11.7 Å². The molecule has 0 atom stereocenters. The highest BCUT2D eigenvalue weighted by atomic mass is 19.4. The van der Waals surface area contributed by atoms with Gasteiger partial charge in [-0.25, -0.2) is 4.98 Å². The maximum Gasteiger partial charge on any atom is 0.416 e. The number of halogens is 3. The first kappa shape index (κ1) is 8.99. The molecule has 0 N–H and O–H groups in total. The Morgan fingerprint density at radius 3 is 2.64 bits per heavy atom. The second-order valence-corrected chi connectivity index (χ2v) is 2.85. The summed E-state index contributed by atoms with van der Waals surface area (Å²) in [4.78, 5) is 3.73. The van der Waals surface area contributed by atoms with Crippen LogP contribution in [0.25, 0.3) is 10.9 Å². The molecule has 0 saturated heterocycles. The smallest absolute Gasteiger partial charge is 0.246 e. The second kappa shape index (κ2) is 2.97. The molecule has 14 heavy (non-hydrogen) atoms. The fourth-order valence-electron chi connectivity index (χ4n) is 1.19. The first-order valence-corrected chi connectivity index (χ1v) is 3.91. The summed E-state index contributed by atoms with van der Waals surface area (Å²) in [6.45, 7) is 0. The molecular weight excluding hydrogens is 191 g/mol. The lowest BCUT2D eigenvalue weighted by atomic mass is 10.1. The molecule has 4 heteroatoms. The topological polar surface area (TPSA) is 12.9 Å². The number of nitrogens with zero attached hydrogens (tertiary/aromatic N) is 1. The third-order valence-corrected chi connectivity index (χ3v) is 1.88. The fourth-order valence-corrected chi connectivity index (χ4v) is 1.19. The monoisotopic (exact) mass is 196 g/mol. The highest BCUT2D eigenvalue weighted by molar-refractivity contribution is 5.78. The van der Waals surface area contributed by atoms with Crippen LogP contribution in [0, 0.1) is 6.20 Å². The number of hydrogen-bond donors (Lipinski definition) is 0. The van der Waals surface area contributed by atoms with Crippen LogP contribution < -0.4 is 0 Å². The van der Waals surface area contributed by atoms with Crippen LogP contribution in [0.2, 0.25) is 0 Å². The molecule has 0 amide bonds. The Morgan fingerprint density at radius 1 is 1.14 bits per heavy atom. The van der Waals surface area contributed by atoms with Gasteiger partial charge in [-0.3, -0.25) is 0 Å². The number of alkyl halides is 3. The van der Waals surface area contributed by atoms with E-state index in [2.05, 4.69) is 11.2 Å². The third-order valence-electron chi connectivity index (χ3n) is 1.88. The van der Waals surface area contributed by atoms with Crippen molar-refractivity contribution in [3.05, 3.63) is 42.1 Å². The van der Waals surface area contributed by atoms with Gasteiger partial charge in [0.15, 0.2) is 0 Å². The highest BCUT2D eigenvalue weighted by Gasteiger charge is 2.30. The van der Waals surface area contributed by atoms with Crippen LogP contribution in [-0.2, 0) is 6.18 Å². The normalized spacial score (nSPS) is 11.9. The first-order valence-electron chi connectivity index (χ1n) is 3.91. The molecule has 0 saturated carbocycles. The van der Waals surface area contributed by atoms with E-state index in [1.54, 1.807) is 12.1 Å². The van der Waals surface area contributed by atoms with E-state index in [-0.39, 0.29) is 0 Å². The Labute approximate surface area is 78.2 Å². The summed E-state index contributed by atoms with van der Waals surface area (Å²) >= 11 is 0. The SMILES string of the molecule is FC(F)(F)c1ccc2cc[c]nc2c1.